The molecule has 10 nitrogen and oxygen atoms in total. The lowest BCUT2D eigenvalue weighted by atomic mass is 9.47. The minimum atomic E-state index is -0.598. The van der Waals surface area contributed by atoms with Crippen LogP contribution in [0.25, 0.3) is 12.0 Å². The lowest BCUT2D eigenvalue weighted by molar-refractivity contribution is -0.145. The second-order valence-electron chi connectivity index (χ2n) is 11.3. The van der Waals surface area contributed by atoms with Gasteiger partial charge in [-0.05, 0) is 75.8 Å². The number of primary amides is 1. The SMILES string of the molecule is CCC(=O)NC(C)(C)C=Cn1ncc(C(=O)NC2C3CC4CC2CC(C(N)=O)(C4)C3)c1-n1cccn1. The molecule has 192 valence electrons. The summed E-state index contributed by atoms with van der Waals surface area (Å²) in [4.78, 5) is 37.7. The number of amides is 3. The van der Waals surface area contributed by atoms with E-state index in [0.717, 1.165) is 32.1 Å². The maximum absolute atomic E-state index is 13.6. The molecule has 4 aliphatic rings. The van der Waals surface area contributed by atoms with Gasteiger partial charge in [-0.15, -0.1) is 0 Å². The summed E-state index contributed by atoms with van der Waals surface area (Å²) in [6.45, 7) is 5.60. The number of hydrogen-bond donors (Lipinski definition) is 3. The normalized spacial score (nSPS) is 29.0. The standard InChI is InChI=1S/C26H35N7O3/c1-4-20(34)31-25(2,3)6-9-33-23(32-8-5-7-28-32)19(15-29-33)22(35)30-21-17-10-16-11-18(21)14-26(12-16,13-17)24(27)36/h5-9,15-18,21H,4,10-14H2,1-3H3,(H2,27,36)(H,30,35)(H,31,34). The van der Waals surface area contributed by atoms with E-state index in [9.17, 15) is 14.4 Å². The molecule has 0 radical (unpaired) electrons. The third kappa shape index (κ3) is 4.33. The van der Waals surface area contributed by atoms with Gasteiger partial charge < -0.3 is 16.4 Å². The molecule has 4 bridgehead atoms. The van der Waals surface area contributed by atoms with Crippen molar-refractivity contribution in [3.8, 4) is 5.82 Å². The zero-order valence-corrected chi connectivity index (χ0v) is 21.1. The maximum Gasteiger partial charge on any atom is 0.257 e. The maximum atomic E-state index is 13.6. The number of carbonyl (C=O) groups excluding carboxylic acids is 3. The molecule has 3 amide bonds. The molecule has 36 heavy (non-hydrogen) atoms. The van der Waals surface area contributed by atoms with E-state index >= 15 is 0 Å². The summed E-state index contributed by atoms with van der Waals surface area (Å²) < 4.78 is 3.21. The van der Waals surface area contributed by atoms with Crippen LogP contribution >= 0.6 is 0 Å². The summed E-state index contributed by atoms with van der Waals surface area (Å²) in [5.41, 5.74) is 5.24. The molecule has 4 aliphatic carbocycles. The second-order valence-corrected chi connectivity index (χ2v) is 11.3. The summed E-state index contributed by atoms with van der Waals surface area (Å²) in [5, 5.41) is 15.0. The van der Waals surface area contributed by atoms with Gasteiger partial charge in [-0.1, -0.05) is 6.92 Å². The summed E-state index contributed by atoms with van der Waals surface area (Å²) in [5.74, 6) is 1.13. The smallest absolute Gasteiger partial charge is 0.257 e. The van der Waals surface area contributed by atoms with Gasteiger partial charge in [0.2, 0.25) is 11.8 Å². The number of nitrogens with two attached hydrogens (primary N) is 1. The number of rotatable bonds is 8. The molecule has 4 N–H and O–H groups in total. The van der Waals surface area contributed by atoms with E-state index in [0.29, 0.717) is 23.7 Å². The summed E-state index contributed by atoms with van der Waals surface area (Å²) >= 11 is 0. The van der Waals surface area contributed by atoms with Crippen molar-refractivity contribution in [1.29, 1.82) is 0 Å². The molecule has 2 unspecified atom stereocenters. The van der Waals surface area contributed by atoms with Gasteiger partial charge in [0.15, 0.2) is 5.82 Å². The first kappa shape index (κ1) is 24.3. The van der Waals surface area contributed by atoms with Crippen molar-refractivity contribution >= 4 is 23.9 Å². The largest absolute Gasteiger partial charge is 0.369 e. The van der Waals surface area contributed by atoms with Crippen molar-refractivity contribution < 1.29 is 14.4 Å². The first-order chi connectivity index (χ1) is 17.1. The fourth-order valence-corrected chi connectivity index (χ4v) is 6.78. The molecule has 0 aliphatic heterocycles. The first-order valence-electron chi connectivity index (χ1n) is 12.8. The zero-order chi connectivity index (χ0) is 25.7. The molecule has 2 aromatic heterocycles. The minimum Gasteiger partial charge on any atom is -0.369 e. The van der Waals surface area contributed by atoms with Crippen LogP contribution in [-0.2, 0) is 9.59 Å². The van der Waals surface area contributed by atoms with Crippen LogP contribution in [0.2, 0.25) is 0 Å². The predicted octanol–water partition coefficient (Wildman–Crippen LogP) is 2.25. The fraction of sp³-hybridized carbons (Fsp3) is 0.577. The average molecular weight is 494 g/mol. The molecule has 0 saturated heterocycles. The van der Waals surface area contributed by atoms with Crippen LogP contribution in [0.5, 0.6) is 0 Å². The Morgan fingerprint density at radius 3 is 2.53 bits per heavy atom. The molecule has 2 heterocycles. The highest BCUT2D eigenvalue weighted by molar-refractivity contribution is 5.97. The van der Waals surface area contributed by atoms with Crippen molar-refractivity contribution in [3.05, 3.63) is 36.3 Å². The molecule has 0 spiro atoms. The summed E-state index contributed by atoms with van der Waals surface area (Å²) in [7, 11) is 0. The average Bonchev–Trinajstić information content (AvgIpc) is 3.48. The lowest BCUT2D eigenvalue weighted by Gasteiger charge is -2.58. The van der Waals surface area contributed by atoms with Crippen molar-refractivity contribution in [1.82, 2.24) is 30.2 Å². The fourth-order valence-electron chi connectivity index (χ4n) is 6.78. The van der Waals surface area contributed by atoms with Crippen LogP contribution < -0.4 is 16.4 Å². The van der Waals surface area contributed by atoms with Crippen LogP contribution in [0.1, 0.15) is 69.7 Å². The Hall–Kier alpha value is -3.43. The lowest BCUT2D eigenvalue weighted by Crippen LogP contribution is -2.62. The van der Waals surface area contributed by atoms with Gasteiger partial charge in [-0.2, -0.15) is 10.2 Å². The number of nitrogens with one attached hydrogen (secondary N) is 2. The molecule has 2 aromatic rings. The van der Waals surface area contributed by atoms with Gasteiger partial charge in [0.05, 0.1) is 11.7 Å². The van der Waals surface area contributed by atoms with Crippen molar-refractivity contribution in [3.63, 3.8) is 0 Å². The van der Waals surface area contributed by atoms with Gasteiger partial charge in [-0.3, -0.25) is 14.4 Å². The third-order valence-corrected chi connectivity index (χ3v) is 8.24. The Morgan fingerprint density at radius 2 is 1.92 bits per heavy atom. The second kappa shape index (κ2) is 8.90. The minimum absolute atomic E-state index is 0.0223. The van der Waals surface area contributed by atoms with Crippen LogP contribution in [0.3, 0.4) is 0 Å². The van der Waals surface area contributed by atoms with Crippen LogP contribution in [0.4, 0.5) is 0 Å². The van der Waals surface area contributed by atoms with Crippen LogP contribution in [0, 0.1) is 23.2 Å². The van der Waals surface area contributed by atoms with Gasteiger partial charge in [0.25, 0.3) is 5.91 Å². The van der Waals surface area contributed by atoms with Gasteiger partial charge in [0, 0.05) is 36.5 Å². The van der Waals surface area contributed by atoms with E-state index in [4.69, 9.17) is 5.73 Å². The molecule has 4 saturated carbocycles. The monoisotopic (exact) mass is 493 g/mol. The van der Waals surface area contributed by atoms with Gasteiger partial charge >= 0.3 is 0 Å². The Morgan fingerprint density at radius 1 is 1.19 bits per heavy atom. The number of hydrogen-bond acceptors (Lipinski definition) is 5. The van der Waals surface area contributed by atoms with E-state index in [1.54, 1.807) is 47.1 Å². The Labute approximate surface area is 210 Å². The summed E-state index contributed by atoms with van der Waals surface area (Å²) in [6, 6.07) is 1.81. The molecule has 10 heteroatoms. The Balaban J connectivity index is 1.39. The first-order valence-corrected chi connectivity index (χ1v) is 12.8. The zero-order valence-electron chi connectivity index (χ0n) is 21.1. The summed E-state index contributed by atoms with van der Waals surface area (Å²) in [6.07, 6.45) is 13.4. The topological polar surface area (TPSA) is 137 Å². The Bertz CT molecular complexity index is 1180. The van der Waals surface area contributed by atoms with Crippen molar-refractivity contribution in [2.45, 2.75) is 70.9 Å². The third-order valence-electron chi connectivity index (χ3n) is 8.24. The molecule has 2 atom stereocenters. The van der Waals surface area contributed by atoms with E-state index in [1.807, 2.05) is 19.9 Å². The van der Waals surface area contributed by atoms with E-state index in [2.05, 4.69) is 20.8 Å². The quantitative estimate of drug-likeness (QED) is 0.518. The van der Waals surface area contributed by atoms with Crippen LogP contribution in [-0.4, -0.2) is 48.9 Å². The molecule has 4 fully saturated rings. The predicted molar refractivity (Wildman–Crippen MR) is 134 cm³/mol. The van der Waals surface area contributed by atoms with E-state index in [1.165, 1.54) is 0 Å². The molecule has 6 rings (SSSR count). The molecule has 0 aromatic carbocycles. The highest BCUT2D eigenvalue weighted by Crippen LogP contribution is 2.59. The van der Waals surface area contributed by atoms with Gasteiger partial charge in [-0.25, -0.2) is 9.36 Å². The number of carbonyl (C=O) groups is 3. The number of nitrogens with zero attached hydrogens (tertiary/aromatic N) is 4. The highest BCUT2D eigenvalue weighted by Gasteiger charge is 2.58. The van der Waals surface area contributed by atoms with Gasteiger partial charge in [0.1, 0.15) is 5.56 Å². The van der Waals surface area contributed by atoms with Crippen molar-refractivity contribution in [2.24, 2.45) is 28.9 Å². The highest BCUT2D eigenvalue weighted by atomic mass is 16.2. The van der Waals surface area contributed by atoms with E-state index in [-0.39, 0.29) is 35.6 Å². The van der Waals surface area contributed by atoms with Crippen molar-refractivity contribution in [2.75, 3.05) is 0 Å². The molecular formula is C26H35N7O3. The number of aromatic nitrogens is 4. The Kier molecular flexibility index (Phi) is 6.00. The van der Waals surface area contributed by atoms with E-state index < -0.39 is 11.0 Å². The van der Waals surface area contributed by atoms with Crippen LogP contribution in [0.15, 0.2) is 30.7 Å². The molecular weight excluding hydrogens is 458 g/mol.